The van der Waals surface area contributed by atoms with Crippen LogP contribution in [0, 0.1) is 0 Å². The molecule has 0 saturated heterocycles. The Balaban J connectivity index is 1.77. The molecule has 0 spiro atoms. The van der Waals surface area contributed by atoms with Gasteiger partial charge in [0, 0.05) is 41.9 Å². The van der Waals surface area contributed by atoms with Gasteiger partial charge in [-0.15, -0.1) is 0 Å². The van der Waals surface area contributed by atoms with Gasteiger partial charge >= 0.3 is 0 Å². The third-order valence-corrected chi connectivity index (χ3v) is 5.22. The highest BCUT2D eigenvalue weighted by Crippen LogP contribution is 2.40. The molecule has 24 heavy (non-hydrogen) atoms. The molecule has 3 rings (SSSR count). The summed E-state index contributed by atoms with van der Waals surface area (Å²) in [7, 11) is 1.66. The molecule has 1 heterocycles. The van der Waals surface area contributed by atoms with Gasteiger partial charge in [-0.3, -0.25) is 9.59 Å². The van der Waals surface area contributed by atoms with Gasteiger partial charge in [0.05, 0.1) is 0 Å². The standard InChI is InChI=1S/C19H21ClN2O2/c1-22-11-8-14(12-17(22)23)18(24)21-13-19(9-2-3-10-19)15-4-6-16(20)7-5-15/h4-8,11-12H,2-3,9-10,13H2,1H3,(H,21,24). The fourth-order valence-electron chi connectivity index (χ4n) is 3.46. The zero-order valence-electron chi connectivity index (χ0n) is 13.7. The van der Waals surface area contributed by atoms with Crippen molar-refractivity contribution in [2.45, 2.75) is 31.1 Å². The summed E-state index contributed by atoms with van der Waals surface area (Å²) >= 11 is 6.00. The summed E-state index contributed by atoms with van der Waals surface area (Å²) in [5.41, 5.74) is 1.40. The van der Waals surface area contributed by atoms with Crippen LogP contribution in [0.25, 0.3) is 0 Å². The van der Waals surface area contributed by atoms with E-state index in [0.29, 0.717) is 12.1 Å². The topological polar surface area (TPSA) is 51.1 Å². The average Bonchev–Trinajstić information content (AvgIpc) is 3.06. The van der Waals surface area contributed by atoms with Gasteiger partial charge in [-0.1, -0.05) is 36.6 Å². The molecule has 0 aliphatic heterocycles. The molecule has 0 radical (unpaired) electrons. The number of halogens is 1. The van der Waals surface area contributed by atoms with Crippen molar-refractivity contribution < 1.29 is 4.79 Å². The third-order valence-electron chi connectivity index (χ3n) is 4.97. The lowest BCUT2D eigenvalue weighted by Crippen LogP contribution is -2.39. The second-order valence-corrected chi connectivity index (χ2v) is 6.98. The summed E-state index contributed by atoms with van der Waals surface area (Å²) in [5.74, 6) is -0.201. The van der Waals surface area contributed by atoms with Gasteiger partial charge < -0.3 is 9.88 Å². The quantitative estimate of drug-likeness (QED) is 0.925. The van der Waals surface area contributed by atoms with Crippen LogP contribution in [0.1, 0.15) is 41.6 Å². The molecule has 0 bridgehead atoms. The number of benzene rings is 1. The Bertz CT molecular complexity index is 790. The van der Waals surface area contributed by atoms with E-state index in [1.165, 1.54) is 16.2 Å². The van der Waals surface area contributed by atoms with E-state index >= 15 is 0 Å². The number of carbonyl (C=O) groups is 1. The third kappa shape index (κ3) is 3.39. The molecule has 1 N–H and O–H groups in total. The number of pyridine rings is 1. The Morgan fingerprint density at radius 1 is 1.21 bits per heavy atom. The lowest BCUT2D eigenvalue weighted by molar-refractivity contribution is 0.0943. The largest absolute Gasteiger partial charge is 0.351 e. The number of hydrogen-bond acceptors (Lipinski definition) is 2. The number of aromatic nitrogens is 1. The molecule has 1 aliphatic rings. The zero-order valence-corrected chi connectivity index (χ0v) is 14.5. The van der Waals surface area contributed by atoms with Crippen molar-refractivity contribution in [2.75, 3.05) is 6.54 Å². The van der Waals surface area contributed by atoms with Crippen molar-refractivity contribution in [1.82, 2.24) is 9.88 Å². The summed E-state index contributed by atoms with van der Waals surface area (Å²) in [6.07, 6.45) is 6.02. The minimum absolute atomic E-state index is 0.0417. The minimum atomic E-state index is -0.201. The molecule has 4 nitrogen and oxygen atoms in total. The number of carbonyl (C=O) groups excluding carboxylic acids is 1. The molecule has 2 aromatic rings. The zero-order chi connectivity index (χ0) is 17.2. The van der Waals surface area contributed by atoms with Gasteiger partial charge in [-0.25, -0.2) is 0 Å². The van der Waals surface area contributed by atoms with Crippen LogP contribution in [0.5, 0.6) is 0 Å². The highest BCUT2D eigenvalue weighted by atomic mass is 35.5. The Kier molecular flexibility index (Phi) is 4.76. The van der Waals surface area contributed by atoms with Crippen molar-refractivity contribution in [2.24, 2.45) is 7.05 Å². The van der Waals surface area contributed by atoms with Crippen LogP contribution in [0.4, 0.5) is 0 Å². The molecule has 1 fully saturated rings. The van der Waals surface area contributed by atoms with Crippen LogP contribution in [0.2, 0.25) is 5.02 Å². The summed E-state index contributed by atoms with van der Waals surface area (Å²) in [5, 5.41) is 3.74. The monoisotopic (exact) mass is 344 g/mol. The highest BCUT2D eigenvalue weighted by molar-refractivity contribution is 6.30. The second-order valence-electron chi connectivity index (χ2n) is 6.54. The maximum Gasteiger partial charge on any atom is 0.251 e. The van der Waals surface area contributed by atoms with E-state index in [1.807, 2.05) is 12.1 Å². The smallest absolute Gasteiger partial charge is 0.251 e. The van der Waals surface area contributed by atoms with Crippen LogP contribution in [-0.2, 0) is 12.5 Å². The van der Waals surface area contributed by atoms with Crippen molar-refractivity contribution in [1.29, 1.82) is 0 Å². The van der Waals surface area contributed by atoms with E-state index in [4.69, 9.17) is 11.6 Å². The van der Waals surface area contributed by atoms with Crippen LogP contribution in [0.15, 0.2) is 47.4 Å². The number of nitrogens with one attached hydrogen (secondary N) is 1. The molecule has 0 atom stereocenters. The van der Waals surface area contributed by atoms with Gasteiger partial charge in [0.2, 0.25) is 0 Å². The normalized spacial score (nSPS) is 16.1. The molecule has 1 aromatic carbocycles. The predicted molar refractivity (Wildman–Crippen MR) is 95.6 cm³/mol. The lowest BCUT2D eigenvalue weighted by Gasteiger charge is -2.30. The van der Waals surface area contributed by atoms with Crippen molar-refractivity contribution in [3.63, 3.8) is 0 Å². The van der Waals surface area contributed by atoms with Gasteiger partial charge in [0.1, 0.15) is 0 Å². The first-order chi connectivity index (χ1) is 11.5. The van der Waals surface area contributed by atoms with E-state index < -0.39 is 0 Å². The maximum atomic E-state index is 12.4. The first kappa shape index (κ1) is 16.8. The molecule has 1 aromatic heterocycles. The second kappa shape index (κ2) is 6.81. The number of rotatable bonds is 4. The molecule has 1 aliphatic carbocycles. The maximum absolute atomic E-state index is 12.4. The summed E-state index contributed by atoms with van der Waals surface area (Å²) in [6, 6.07) is 11.0. The summed E-state index contributed by atoms with van der Waals surface area (Å²) < 4.78 is 1.45. The highest BCUT2D eigenvalue weighted by Gasteiger charge is 2.35. The van der Waals surface area contributed by atoms with Gasteiger partial charge in [-0.05, 0) is 36.6 Å². The molecule has 0 unspecified atom stereocenters. The van der Waals surface area contributed by atoms with Gasteiger partial charge in [0.15, 0.2) is 0 Å². The molecule has 126 valence electrons. The average molecular weight is 345 g/mol. The Labute approximate surface area is 146 Å². The van der Waals surface area contributed by atoms with E-state index in [0.717, 1.165) is 30.7 Å². The van der Waals surface area contributed by atoms with Crippen molar-refractivity contribution in [3.8, 4) is 0 Å². The van der Waals surface area contributed by atoms with E-state index in [9.17, 15) is 9.59 Å². The molecule has 1 amide bonds. The minimum Gasteiger partial charge on any atom is -0.351 e. The van der Waals surface area contributed by atoms with Crippen LogP contribution in [0.3, 0.4) is 0 Å². The first-order valence-corrected chi connectivity index (χ1v) is 8.59. The number of aryl methyl sites for hydroxylation is 1. The number of nitrogens with zero attached hydrogens (tertiary/aromatic N) is 1. The fraction of sp³-hybridized carbons (Fsp3) is 0.368. The Hall–Kier alpha value is -2.07. The van der Waals surface area contributed by atoms with Gasteiger partial charge in [0.25, 0.3) is 11.5 Å². The first-order valence-electron chi connectivity index (χ1n) is 8.21. The van der Waals surface area contributed by atoms with E-state index in [2.05, 4.69) is 17.4 Å². The van der Waals surface area contributed by atoms with Crippen molar-refractivity contribution in [3.05, 3.63) is 69.1 Å². The summed E-state index contributed by atoms with van der Waals surface area (Å²) in [4.78, 5) is 24.1. The lowest BCUT2D eigenvalue weighted by atomic mass is 9.79. The number of amides is 1. The van der Waals surface area contributed by atoms with Crippen LogP contribution < -0.4 is 10.9 Å². The molecular weight excluding hydrogens is 324 g/mol. The van der Waals surface area contributed by atoms with Gasteiger partial charge in [-0.2, -0.15) is 0 Å². The Morgan fingerprint density at radius 3 is 2.50 bits per heavy atom. The molecule has 5 heteroatoms. The molecular formula is C19H21ClN2O2. The Morgan fingerprint density at radius 2 is 1.88 bits per heavy atom. The van der Waals surface area contributed by atoms with E-state index in [-0.39, 0.29) is 16.9 Å². The fourth-order valence-corrected chi connectivity index (χ4v) is 3.59. The van der Waals surface area contributed by atoms with Crippen molar-refractivity contribution >= 4 is 17.5 Å². The predicted octanol–water partition coefficient (Wildman–Crippen LogP) is 3.28. The van der Waals surface area contributed by atoms with E-state index in [1.54, 1.807) is 19.3 Å². The SMILES string of the molecule is Cn1ccc(C(=O)NCC2(c3ccc(Cl)cc3)CCCC2)cc1=O. The van der Waals surface area contributed by atoms with Crippen LogP contribution in [-0.4, -0.2) is 17.0 Å². The number of hydrogen-bond donors (Lipinski definition) is 1. The summed E-state index contributed by atoms with van der Waals surface area (Å²) in [6.45, 7) is 0.572. The van der Waals surface area contributed by atoms with Crippen LogP contribution >= 0.6 is 11.6 Å². The molecule has 1 saturated carbocycles.